The van der Waals surface area contributed by atoms with Gasteiger partial charge in [-0.05, 0) is 18.9 Å². The van der Waals surface area contributed by atoms with Gasteiger partial charge in [0, 0.05) is 19.3 Å². The highest BCUT2D eigenvalue weighted by Crippen LogP contribution is 2.18. The largest absolute Gasteiger partial charge is 0.348 e. The molecule has 64 valence electrons. The zero-order valence-corrected chi connectivity index (χ0v) is 6.95. The summed E-state index contributed by atoms with van der Waals surface area (Å²) >= 11 is 0. The summed E-state index contributed by atoms with van der Waals surface area (Å²) in [6.45, 7) is 0. The molecule has 0 atom stereocenters. The summed E-state index contributed by atoms with van der Waals surface area (Å²) in [6.07, 6.45) is 3.99. The molecule has 1 aliphatic rings. The molecule has 0 aliphatic heterocycles. The number of nitrogens with one attached hydrogen (secondary N) is 1. The van der Waals surface area contributed by atoms with Gasteiger partial charge in [-0.3, -0.25) is 9.48 Å². The molecule has 2 rings (SSSR count). The predicted octanol–water partition coefficient (Wildman–Crippen LogP) is 0.312. The second-order valence-corrected chi connectivity index (χ2v) is 3.12. The highest BCUT2D eigenvalue weighted by molar-refractivity contribution is 5.92. The zero-order valence-electron chi connectivity index (χ0n) is 6.95. The van der Waals surface area contributed by atoms with Crippen molar-refractivity contribution in [1.29, 1.82) is 0 Å². The SMILES string of the molecule is Cn1ccc(C(=O)NC2CC2)n1. The summed E-state index contributed by atoms with van der Waals surface area (Å²) in [7, 11) is 1.80. The minimum Gasteiger partial charge on any atom is -0.348 e. The maximum atomic E-state index is 11.3. The van der Waals surface area contributed by atoms with E-state index in [0.717, 1.165) is 12.8 Å². The summed E-state index contributed by atoms with van der Waals surface area (Å²) in [4.78, 5) is 11.3. The number of amides is 1. The number of carbonyl (C=O) groups excluding carboxylic acids is 1. The Kier molecular flexibility index (Phi) is 1.60. The van der Waals surface area contributed by atoms with Crippen molar-refractivity contribution in [3.05, 3.63) is 18.0 Å². The molecule has 12 heavy (non-hydrogen) atoms. The molecule has 1 heterocycles. The van der Waals surface area contributed by atoms with Crippen molar-refractivity contribution >= 4 is 5.91 Å². The summed E-state index contributed by atoms with van der Waals surface area (Å²) in [5.41, 5.74) is 0.504. The monoisotopic (exact) mass is 165 g/mol. The Labute approximate surface area is 70.6 Å². The van der Waals surface area contributed by atoms with Gasteiger partial charge in [0.1, 0.15) is 5.69 Å². The lowest BCUT2D eigenvalue weighted by Gasteiger charge is -1.97. The third kappa shape index (κ3) is 1.47. The molecule has 0 saturated heterocycles. The van der Waals surface area contributed by atoms with Gasteiger partial charge in [-0.15, -0.1) is 0 Å². The molecule has 1 aliphatic carbocycles. The molecule has 4 heteroatoms. The highest BCUT2D eigenvalue weighted by atomic mass is 16.2. The first kappa shape index (κ1) is 7.34. The Balaban J connectivity index is 2.03. The molecule has 1 saturated carbocycles. The van der Waals surface area contributed by atoms with Crippen LogP contribution in [0.15, 0.2) is 12.3 Å². The van der Waals surface area contributed by atoms with Gasteiger partial charge in [0.15, 0.2) is 0 Å². The normalized spacial score (nSPS) is 16.1. The predicted molar refractivity (Wildman–Crippen MR) is 43.7 cm³/mol. The lowest BCUT2D eigenvalue weighted by molar-refractivity contribution is 0.0945. The molecule has 4 nitrogen and oxygen atoms in total. The van der Waals surface area contributed by atoms with E-state index in [0.29, 0.717) is 11.7 Å². The Hall–Kier alpha value is -1.32. The molecule has 0 radical (unpaired) electrons. The van der Waals surface area contributed by atoms with Gasteiger partial charge in [-0.25, -0.2) is 0 Å². The number of aryl methyl sites for hydroxylation is 1. The smallest absolute Gasteiger partial charge is 0.271 e. The molecule has 0 aromatic carbocycles. The van der Waals surface area contributed by atoms with E-state index in [1.165, 1.54) is 0 Å². The molecule has 1 fully saturated rings. The van der Waals surface area contributed by atoms with Crippen LogP contribution in [0, 0.1) is 0 Å². The van der Waals surface area contributed by atoms with Crippen LogP contribution in [0.1, 0.15) is 23.3 Å². The summed E-state index contributed by atoms with van der Waals surface area (Å²) in [6, 6.07) is 2.12. The summed E-state index contributed by atoms with van der Waals surface area (Å²) < 4.78 is 1.63. The van der Waals surface area contributed by atoms with Gasteiger partial charge < -0.3 is 5.32 Å². The van der Waals surface area contributed by atoms with E-state index < -0.39 is 0 Å². The van der Waals surface area contributed by atoms with E-state index in [1.807, 2.05) is 0 Å². The van der Waals surface area contributed by atoms with E-state index in [2.05, 4.69) is 10.4 Å². The third-order valence-electron chi connectivity index (χ3n) is 1.86. The molecular weight excluding hydrogens is 154 g/mol. The number of hydrogen-bond acceptors (Lipinski definition) is 2. The van der Waals surface area contributed by atoms with Gasteiger partial charge in [0.25, 0.3) is 5.91 Å². The van der Waals surface area contributed by atoms with Crippen LogP contribution in [-0.4, -0.2) is 21.7 Å². The van der Waals surface area contributed by atoms with Crippen molar-refractivity contribution in [1.82, 2.24) is 15.1 Å². The van der Waals surface area contributed by atoms with E-state index in [4.69, 9.17) is 0 Å². The highest BCUT2D eigenvalue weighted by Gasteiger charge is 2.24. The second kappa shape index (κ2) is 2.62. The number of aromatic nitrogens is 2. The number of rotatable bonds is 2. The Bertz CT molecular complexity index is 301. The fourth-order valence-electron chi connectivity index (χ4n) is 1.02. The molecule has 1 N–H and O–H groups in total. The standard InChI is InChI=1S/C8H11N3O/c1-11-5-4-7(10-11)8(12)9-6-2-3-6/h4-6H,2-3H2,1H3,(H,9,12). The van der Waals surface area contributed by atoms with E-state index in [9.17, 15) is 4.79 Å². The molecule has 1 aromatic heterocycles. The fourth-order valence-corrected chi connectivity index (χ4v) is 1.02. The third-order valence-corrected chi connectivity index (χ3v) is 1.86. The van der Waals surface area contributed by atoms with Crippen LogP contribution in [0.5, 0.6) is 0 Å². The van der Waals surface area contributed by atoms with Crippen LogP contribution in [-0.2, 0) is 7.05 Å². The average Bonchev–Trinajstić information content (AvgIpc) is 2.72. The van der Waals surface area contributed by atoms with Gasteiger partial charge >= 0.3 is 0 Å². The number of nitrogens with zero attached hydrogens (tertiary/aromatic N) is 2. The molecule has 1 aromatic rings. The lowest BCUT2D eigenvalue weighted by atomic mass is 10.4. The number of hydrogen-bond donors (Lipinski definition) is 1. The maximum Gasteiger partial charge on any atom is 0.271 e. The first-order chi connectivity index (χ1) is 5.75. The van der Waals surface area contributed by atoms with Crippen molar-refractivity contribution in [2.75, 3.05) is 0 Å². The van der Waals surface area contributed by atoms with Gasteiger partial charge in [0.05, 0.1) is 0 Å². The average molecular weight is 165 g/mol. The van der Waals surface area contributed by atoms with Crippen molar-refractivity contribution < 1.29 is 4.79 Å². The minimum atomic E-state index is -0.0573. The number of carbonyl (C=O) groups is 1. The van der Waals surface area contributed by atoms with Gasteiger partial charge in [0.2, 0.25) is 0 Å². The maximum absolute atomic E-state index is 11.3. The first-order valence-corrected chi connectivity index (χ1v) is 4.06. The fraction of sp³-hybridized carbons (Fsp3) is 0.500. The Morgan fingerprint density at radius 1 is 1.75 bits per heavy atom. The lowest BCUT2D eigenvalue weighted by Crippen LogP contribution is -2.25. The van der Waals surface area contributed by atoms with E-state index in [-0.39, 0.29) is 5.91 Å². The topological polar surface area (TPSA) is 46.9 Å². The van der Waals surface area contributed by atoms with Crippen molar-refractivity contribution in [2.24, 2.45) is 7.05 Å². The van der Waals surface area contributed by atoms with Crippen LogP contribution in [0.2, 0.25) is 0 Å². The van der Waals surface area contributed by atoms with Gasteiger partial charge in [-0.2, -0.15) is 5.10 Å². The molecule has 0 unspecified atom stereocenters. The first-order valence-electron chi connectivity index (χ1n) is 4.06. The minimum absolute atomic E-state index is 0.0573. The van der Waals surface area contributed by atoms with Crippen LogP contribution >= 0.6 is 0 Å². The molecule has 0 bridgehead atoms. The van der Waals surface area contributed by atoms with E-state index >= 15 is 0 Å². The van der Waals surface area contributed by atoms with Gasteiger partial charge in [-0.1, -0.05) is 0 Å². The summed E-state index contributed by atoms with van der Waals surface area (Å²) in [5, 5.41) is 6.86. The Morgan fingerprint density at radius 2 is 2.50 bits per heavy atom. The second-order valence-electron chi connectivity index (χ2n) is 3.12. The van der Waals surface area contributed by atoms with E-state index in [1.54, 1.807) is 24.0 Å². The van der Waals surface area contributed by atoms with Crippen molar-refractivity contribution in [2.45, 2.75) is 18.9 Å². The van der Waals surface area contributed by atoms with Crippen molar-refractivity contribution in [3.63, 3.8) is 0 Å². The Morgan fingerprint density at radius 3 is 3.00 bits per heavy atom. The van der Waals surface area contributed by atoms with Crippen LogP contribution < -0.4 is 5.32 Å². The molecule has 0 spiro atoms. The molecule has 1 amide bonds. The molecular formula is C8H11N3O. The summed E-state index contributed by atoms with van der Waals surface area (Å²) in [5.74, 6) is -0.0573. The van der Waals surface area contributed by atoms with Crippen LogP contribution in [0.25, 0.3) is 0 Å². The van der Waals surface area contributed by atoms with Crippen LogP contribution in [0.3, 0.4) is 0 Å². The quantitative estimate of drug-likeness (QED) is 0.685. The van der Waals surface area contributed by atoms with Crippen molar-refractivity contribution in [3.8, 4) is 0 Å². The van der Waals surface area contributed by atoms with Crippen LogP contribution in [0.4, 0.5) is 0 Å². The zero-order chi connectivity index (χ0) is 8.55.